The van der Waals surface area contributed by atoms with Gasteiger partial charge >= 0.3 is 0 Å². The number of aryl methyl sites for hydroxylation is 1. The van der Waals surface area contributed by atoms with Gasteiger partial charge in [-0.15, -0.1) is 11.3 Å². The number of amides is 3. The fourth-order valence-electron chi connectivity index (χ4n) is 9.44. The van der Waals surface area contributed by atoms with E-state index in [-0.39, 0.29) is 61.4 Å². The first-order valence-electron chi connectivity index (χ1n) is 24.9. The van der Waals surface area contributed by atoms with Crippen LogP contribution in [-0.2, 0) is 24.7 Å². The van der Waals surface area contributed by atoms with Gasteiger partial charge < -0.3 is 44.1 Å². The van der Waals surface area contributed by atoms with Gasteiger partial charge in [0, 0.05) is 39.1 Å². The predicted octanol–water partition coefficient (Wildman–Crippen LogP) is 9.04. The largest absolute Gasteiger partial charge is 0.508 e. The summed E-state index contributed by atoms with van der Waals surface area (Å²) in [6.45, 7) is 11.3. The SMILES string of the molecule is CC/C(=C(\c1ccc(O)cc1)c1ccc(OCCN(C)C(=O)CCCOCCOc2cc(C(C(=O)N3CC(O)CC3C3=NC(=O)C(C)(c4ccc(-c5scnc5C)cc4)N3)C(C)C)on2)cc1)c1ccccc1. The smallest absolute Gasteiger partial charge is 0.277 e. The summed E-state index contributed by atoms with van der Waals surface area (Å²) in [5.41, 5.74) is 8.81. The monoisotopic (exact) mass is 1010 g/mol. The molecule has 4 heterocycles. The molecule has 2 aliphatic heterocycles. The minimum Gasteiger partial charge on any atom is -0.508 e. The Kier molecular flexibility index (Phi) is 16.9. The second-order valence-corrected chi connectivity index (χ2v) is 19.8. The summed E-state index contributed by atoms with van der Waals surface area (Å²) in [4.78, 5) is 53.9. The Bertz CT molecular complexity index is 2900. The van der Waals surface area contributed by atoms with E-state index in [1.54, 1.807) is 53.3 Å². The summed E-state index contributed by atoms with van der Waals surface area (Å²) in [5.74, 6) is 0.150. The number of aromatic hydroxyl groups is 1. The van der Waals surface area contributed by atoms with Gasteiger partial charge in [-0.25, -0.2) is 4.98 Å². The van der Waals surface area contributed by atoms with Gasteiger partial charge in [-0.3, -0.25) is 14.4 Å². The number of carbonyl (C=O) groups excluding carboxylic acids is 3. The Morgan fingerprint density at radius 3 is 2.32 bits per heavy atom. The fraction of sp³-hybridized carbons (Fsp3) is 0.368. The first kappa shape index (κ1) is 52.2. The summed E-state index contributed by atoms with van der Waals surface area (Å²) in [5, 5.41) is 28.2. The predicted molar refractivity (Wildman–Crippen MR) is 281 cm³/mol. The molecule has 0 radical (unpaired) electrons. The Morgan fingerprint density at radius 2 is 1.64 bits per heavy atom. The number of aliphatic hydroxyl groups is 1. The van der Waals surface area contributed by atoms with E-state index >= 15 is 0 Å². The van der Waals surface area contributed by atoms with E-state index in [0.29, 0.717) is 49.9 Å². The second-order valence-electron chi connectivity index (χ2n) is 19.0. The highest BCUT2D eigenvalue weighted by Crippen LogP contribution is 2.38. The number of ether oxygens (including phenoxy) is 3. The van der Waals surface area contributed by atoms with E-state index in [9.17, 15) is 24.6 Å². The highest BCUT2D eigenvalue weighted by atomic mass is 32.1. The van der Waals surface area contributed by atoms with Crippen LogP contribution in [0.4, 0.5) is 0 Å². The minimum atomic E-state index is -1.15. The van der Waals surface area contributed by atoms with E-state index in [1.807, 2.05) is 105 Å². The molecule has 4 atom stereocenters. The number of likely N-dealkylation sites (tertiary alicyclic amines) is 1. The fourth-order valence-corrected chi connectivity index (χ4v) is 10.2. The van der Waals surface area contributed by atoms with Crippen molar-refractivity contribution < 1.29 is 43.3 Å². The molecule has 8 rings (SSSR count). The van der Waals surface area contributed by atoms with Gasteiger partial charge in [0.2, 0.25) is 11.8 Å². The van der Waals surface area contributed by atoms with Crippen LogP contribution < -0.4 is 14.8 Å². The first-order valence-corrected chi connectivity index (χ1v) is 25.7. The maximum Gasteiger partial charge on any atom is 0.277 e. The Balaban J connectivity index is 0.761. The van der Waals surface area contributed by atoms with Crippen molar-refractivity contribution in [2.45, 2.75) is 83.9 Å². The molecule has 4 unspecified atom stereocenters. The van der Waals surface area contributed by atoms with Crippen molar-refractivity contribution in [3.8, 4) is 27.8 Å². The Hall–Kier alpha value is -7.14. The van der Waals surface area contributed by atoms with Crippen LogP contribution >= 0.6 is 11.3 Å². The molecule has 3 N–H and O–H groups in total. The number of nitrogens with zero attached hydrogens (tertiary/aromatic N) is 5. The zero-order valence-corrected chi connectivity index (χ0v) is 43.1. The standard InChI is InChI=1S/C57H64N6O9S/c1-7-46(38-12-9-8-10-13-38)52(39-17-23-43(64)24-18-39)40-19-25-45(26-20-40)70-29-27-62(6)50(66)14-11-28-69-30-31-71-49-33-48(72-61-49)51(36(2)3)55(67)63-34-44(65)32-47(63)54-59-56(68)57(5,60-54)42-21-15-41(16-22-42)53-37(4)58-35-73-53/h8-10,12-13,15-26,33,35-36,44,47,51,64-65H,7,11,14,27-32,34H2,1-6H3,(H,59,60,68)/b52-46-. The number of aromatic nitrogens is 2. The number of nitrogens with one attached hydrogen (secondary N) is 1. The molecule has 0 spiro atoms. The van der Waals surface area contributed by atoms with Crippen LogP contribution in [0.25, 0.3) is 21.6 Å². The van der Waals surface area contributed by atoms with Gasteiger partial charge in [-0.2, -0.15) is 4.99 Å². The number of allylic oxidation sites excluding steroid dienone is 1. The molecule has 0 saturated carbocycles. The average Bonchev–Trinajstić information content (AvgIpc) is 4.20. The molecule has 1 fully saturated rings. The number of hydrogen-bond acceptors (Lipinski definition) is 13. The summed E-state index contributed by atoms with van der Waals surface area (Å²) in [7, 11) is 1.76. The number of aliphatic hydroxyl groups excluding tert-OH is 1. The number of carbonyl (C=O) groups is 3. The zero-order chi connectivity index (χ0) is 51.6. The van der Waals surface area contributed by atoms with E-state index in [0.717, 1.165) is 50.4 Å². The number of hydrogen-bond donors (Lipinski definition) is 3. The molecule has 16 heteroatoms. The highest BCUT2D eigenvalue weighted by Gasteiger charge is 2.48. The van der Waals surface area contributed by atoms with Crippen LogP contribution in [0.3, 0.4) is 0 Å². The van der Waals surface area contributed by atoms with Crippen LogP contribution in [0, 0.1) is 12.8 Å². The van der Waals surface area contributed by atoms with Crippen LogP contribution in [0.5, 0.6) is 17.4 Å². The quantitative estimate of drug-likeness (QED) is 0.0433. The van der Waals surface area contributed by atoms with Crippen molar-refractivity contribution in [3.63, 3.8) is 0 Å². The van der Waals surface area contributed by atoms with Crippen molar-refractivity contribution in [1.29, 1.82) is 0 Å². The average molecular weight is 1010 g/mol. The minimum absolute atomic E-state index is 0.0155. The molecule has 4 aromatic carbocycles. The molecule has 73 heavy (non-hydrogen) atoms. The normalized spacial score (nSPS) is 18.3. The first-order chi connectivity index (χ1) is 35.2. The lowest BCUT2D eigenvalue weighted by Crippen LogP contribution is -2.51. The lowest BCUT2D eigenvalue weighted by atomic mass is 9.88. The second kappa shape index (κ2) is 23.6. The number of β-amino-alcohol motifs (C(OH)–C–C–N with tert-alkyl or cyclic N) is 1. The number of phenols is 1. The number of rotatable bonds is 22. The van der Waals surface area contributed by atoms with Gasteiger partial charge in [-0.05, 0) is 101 Å². The van der Waals surface area contributed by atoms with Crippen molar-refractivity contribution in [1.82, 2.24) is 25.3 Å². The summed E-state index contributed by atoms with van der Waals surface area (Å²) in [6.07, 6.45) is 1.07. The summed E-state index contributed by atoms with van der Waals surface area (Å²) >= 11 is 1.56. The van der Waals surface area contributed by atoms with Crippen molar-refractivity contribution in [2.24, 2.45) is 10.9 Å². The van der Waals surface area contributed by atoms with Gasteiger partial charge in [-0.1, -0.05) is 99.6 Å². The molecule has 6 aromatic rings. The lowest BCUT2D eigenvalue weighted by molar-refractivity contribution is -0.134. The maximum atomic E-state index is 14.4. The molecule has 382 valence electrons. The van der Waals surface area contributed by atoms with E-state index in [4.69, 9.17) is 18.7 Å². The molecule has 15 nitrogen and oxygen atoms in total. The molecule has 0 bridgehead atoms. The zero-order valence-electron chi connectivity index (χ0n) is 42.2. The Labute approximate surface area is 430 Å². The lowest BCUT2D eigenvalue weighted by Gasteiger charge is -2.31. The third-order valence-corrected chi connectivity index (χ3v) is 14.5. The number of phenolic OH excluding ortho intramolecular Hbond substituents is 1. The topological polar surface area (TPSA) is 189 Å². The van der Waals surface area contributed by atoms with Crippen molar-refractivity contribution in [2.75, 3.05) is 46.6 Å². The summed E-state index contributed by atoms with van der Waals surface area (Å²) < 4.78 is 23.3. The van der Waals surface area contributed by atoms with Crippen LogP contribution in [-0.4, -0.2) is 112 Å². The number of likely N-dealkylation sites (N-methyl/N-ethyl adjacent to an activating group) is 1. The number of amidine groups is 1. The molecule has 3 amide bonds. The summed E-state index contributed by atoms with van der Waals surface area (Å²) in [6, 6.07) is 34.2. The van der Waals surface area contributed by atoms with Gasteiger partial charge in [0.15, 0.2) is 5.76 Å². The number of thiazole rings is 1. The van der Waals surface area contributed by atoms with Gasteiger partial charge in [0.05, 0.1) is 41.4 Å². The molecule has 0 aliphatic carbocycles. The molecular formula is C57H64N6O9S. The van der Waals surface area contributed by atoms with E-state index in [1.165, 1.54) is 5.57 Å². The highest BCUT2D eigenvalue weighted by molar-refractivity contribution is 7.13. The van der Waals surface area contributed by atoms with E-state index < -0.39 is 23.6 Å². The number of benzene rings is 4. The molecular weight excluding hydrogens is 945 g/mol. The van der Waals surface area contributed by atoms with Crippen LogP contribution in [0.2, 0.25) is 0 Å². The van der Waals surface area contributed by atoms with Gasteiger partial charge in [0.25, 0.3) is 11.8 Å². The maximum absolute atomic E-state index is 14.4. The van der Waals surface area contributed by atoms with E-state index in [2.05, 4.69) is 39.5 Å². The van der Waals surface area contributed by atoms with Crippen LogP contribution in [0.15, 0.2) is 124 Å². The third-order valence-electron chi connectivity index (χ3n) is 13.5. The Morgan fingerprint density at radius 1 is 0.932 bits per heavy atom. The van der Waals surface area contributed by atoms with Crippen molar-refractivity contribution >= 4 is 46.0 Å². The molecule has 1 saturated heterocycles. The van der Waals surface area contributed by atoms with Gasteiger partial charge in [0.1, 0.15) is 42.0 Å². The van der Waals surface area contributed by atoms with Crippen molar-refractivity contribution in [3.05, 3.63) is 148 Å². The number of aliphatic imine (C=N–C) groups is 1. The third kappa shape index (κ3) is 12.2. The molecule has 2 aromatic heterocycles. The van der Waals surface area contributed by atoms with Crippen LogP contribution in [0.1, 0.15) is 93.0 Å². The molecule has 2 aliphatic rings.